The van der Waals surface area contributed by atoms with E-state index in [0.29, 0.717) is 30.0 Å². The molecule has 1 amide bonds. The van der Waals surface area contributed by atoms with Gasteiger partial charge in [0.15, 0.2) is 14.9 Å². The number of sulfone groups is 1. The largest absolute Gasteiger partial charge is 0.497 e. The summed E-state index contributed by atoms with van der Waals surface area (Å²) in [5.74, 6) is 0.392. The van der Waals surface area contributed by atoms with Crippen molar-refractivity contribution in [1.29, 1.82) is 0 Å². The molecule has 3 aromatic rings. The van der Waals surface area contributed by atoms with Crippen molar-refractivity contribution in [2.24, 2.45) is 0 Å². The minimum absolute atomic E-state index is 0.0412. The van der Waals surface area contributed by atoms with Gasteiger partial charge in [-0.05, 0) is 73.1 Å². The number of carbonyl (C=O) groups is 1. The van der Waals surface area contributed by atoms with Crippen molar-refractivity contribution in [2.75, 3.05) is 38.5 Å². The van der Waals surface area contributed by atoms with Gasteiger partial charge in [0.25, 0.3) is 5.91 Å². The van der Waals surface area contributed by atoms with Crippen LogP contribution in [0, 0.1) is 0 Å². The number of hydrogen-bond donors (Lipinski definition) is 0. The number of nitrogens with zero attached hydrogens (tertiary/aromatic N) is 3. The van der Waals surface area contributed by atoms with E-state index >= 15 is 0 Å². The molecule has 35 heavy (non-hydrogen) atoms. The number of fused-ring (bicyclic) bond motifs is 1. The van der Waals surface area contributed by atoms with E-state index in [9.17, 15) is 13.2 Å². The minimum atomic E-state index is -3.61. The number of ether oxygens (including phenoxy) is 2. The maximum Gasteiger partial charge on any atom is 0.277 e. The van der Waals surface area contributed by atoms with E-state index in [2.05, 4.69) is 17.2 Å². The molecule has 2 heterocycles. The number of aromatic nitrogens is 2. The predicted molar refractivity (Wildman–Crippen MR) is 132 cm³/mol. The summed E-state index contributed by atoms with van der Waals surface area (Å²) in [6, 6.07) is 15.2. The monoisotopic (exact) mass is 495 g/mol. The first-order valence-corrected chi connectivity index (χ1v) is 13.5. The highest BCUT2D eigenvalue weighted by Gasteiger charge is 2.43. The maximum atomic E-state index is 13.7. The fourth-order valence-electron chi connectivity index (χ4n) is 4.91. The zero-order chi connectivity index (χ0) is 24.8. The average molecular weight is 496 g/mol. The Morgan fingerprint density at radius 1 is 1.00 bits per heavy atom. The molecule has 1 aliphatic heterocycles. The Morgan fingerprint density at radius 3 is 2.23 bits per heavy atom. The third-order valence-electron chi connectivity index (χ3n) is 7.08. The molecule has 184 valence electrons. The summed E-state index contributed by atoms with van der Waals surface area (Å²) in [7, 11) is -0.315. The molecule has 1 aromatic heterocycles. The van der Waals surface area contributed by atoms with Crippen LogP contribution in [-0.2, 0) is 26.4 Å². The summed E-state index contributed by atoms with van der Waals surface area (Å²) >= 11 is 0. The summed E-state index contributed by atoms with van der Waals surface area (Å²) in [4.78, 5) is 15.4. The second-order valence-electron chi connectivity index (χ2n) is 9.29. The fraction of sp³-hybridized carbons (Fsp3) is 0.385. The number of anilines is 1. The van der Waals surface area contributed by atoms with Gasteiger partial charge in [-0.25, -0.2) is 13.1 Å². The number of methoxy groups -OCH3 is 2. The first-order valence-electron chi connectivity index (χ1n) is 11.7. The lowest BCUT2D eigenvalue weighted by molar-refractivity contribution is 0.0973. The van der Waals surface area contributed by atoms with Gasteiger partial charge in [-0.1, -0.05) is 12.1 Å². The molecule has 2 aliphatic rings. The Kier molecular flexibility index (Phi) is 5.93. The number of benzene rings is 2. The van der Waals surface area contributed by atoms with Gasteiger partial charge in [0.1, 0.15) is 11.4 Å². The first kappa shape index (κ1) is 23.6. The molecule has 5 rings (SSSR count). The summed E-state index contributed by atoms with van der Waals surface area (Å²) < 4.78 is 36.9. The van der Waals surface area contributed by atoms with E-state index in [1.54, 1.807) is 43.4 Å². The molecular weight excluding hydrogens is 466 g/mol. The standard InChI is InChI=1S/C26H29N3O5S/c1-33-17-15-26(13-14-26)18-4-6-19(7-5-18)28-16-12-22-23(25(28)30)29(27-24(22)35(3,31)32)20-8-10-21(34-2)11-9-20/h4-11H,12-17H2,1-3H3. The van der Waals surface area contributed by atoms with Gasteiger partial charge in [0.2, 0.25) is 0 Å². The van der Waals surface area contributed by atoms with E-state index in [-0.39, 0.29) is 22.0 Å². The van der Waals surface area contributed by atoms with Gasteiger partial charge in [0.05, 0.1) is 12.8 Å². The molecule has 0 unspecified atom stereocenters. The zero-order valence-electron chi connectivity index (χ0n) is 20.2. The molecular formula is C26H29N3O5S. The molecule has 0 N–H and O–H groups in total. The quantitative estimate of drug-likeness (QED) is 0.475. The third kappa shape index (κ3) is 4.23. The molecule has 1 fully saturated rings. The van der Waals surface area contributed by atoms with Gasteiger partial charge in [-0.15, -0.1) is 0 Å². The van der Waals surface area contributed by atoms with Crippen molar-refractivity contribution < 1.29 is 22.7 Å². The van der Waals surface area contributed by atoms with Crippen LogP contribution in [0.15, 0.2) is 53.6 Å². The smallest absolute Gasteiger partial charge is 0.277 e. The van der Waals surface area contributed by atoms with Gasteiger partial charge < -0.3 is 14.4 Å². The molecule has 2 aromatic carbocycles. The molecule has 0 spiro atoms. The van der Waals surface area contributed by atoms with E-state index in [1.165, 1.54) is 10.2 Å². The highest BCUT2D eigenvalue weighted by molar-refractivity contribution is 7.90. The van der Waals surface area contributed by atoms with Gasteiger partial charge in [-0.2, -0.15) is 5.10 Å². The van der Waals surface area contributed by atoms with Crippen molar-refractivity contribution in [1.82, 2.24) is 9.78 Å². The number of carbonyl (C=O) groups excluding carboxylic acids is 1. The predicted octanol–water partition coefficient (Wildman–Crippen LogP) is 3.56. The van der Waals surface area contributed by atoms with Crippen LogP contribution in [0.2, 0.25) is 0 Å². The summed E-state index contributed by atoms with van der Waals surface area (Å²) in [6.45, 7) is 1.12. The van der Waals surface area contributed by atoms with E-state index < -0.39 is 9.84 Å². The summed E-state index contributed by atoms with van der Waals surface area (Å²) in [5.41, 5.74) is 3.59. The van der Waals surface area contributed by atoms with Crippen LogP contribution in [0.5, 0.6) is 5.75 Å². The molecule has 0 atom stereocenters. The molecule has 1 aliphatic carbocycles. The normalized spacial score (nSPS) is 16.8. The van der Waals surface area contributed by atoms with Crippen LogP contribution in [0.4, 0.5) is 5.69 Å². The second-order valence-corrected chi connectivity index (χ2v) is 11.2. The van der Waals surface area contributed by atoms with Crippen LogP contribution >= 0.6 is 0 Å². The lowest BCUT2D eigenvalue weighted by atomic mass is 9.92. The minimum Gasteiger partial charge on any atom is -0.497 e. The number of rotatable bonds is 8. The Bertz CT molecular complexity index is 1360. The van der Waals surface area contributed by atoms with Crippen molar-refractivity contribution >= 4 is 21.4 Å². The third-order valence-corrected chi connectivity index (χ3v) is 8.11. The van der Waals surface area contributed by atoms with Crippen molar-refractivity contribution in [3.8, 4) is 11.4 Å². The Hall–Kier alpha value is -3.17. The van der Waals surface area contributed by atoms with Crippen molar-refractivity contribution in [3.63, 3.8) is 0 Å². The van der Waals surface area contributed by atoms with E-state index in [1.807, 2.05) is 12.1 Å². The average Bonchev–Trinajstić information content (AvgIpc) is 3.54. The highest BCUT2D eigenvalue weighted by Crippen LogP contribution is 2.51. The van der Waals surface area contributed by atoms with Crippen LogP contribution < -0.4 is 9.64 Å². The lowest BCUT2D eigenvalue weighted by Gasteiger charge is -2.28. The van der Waals surface area contributed by atoms with Gasteiger partial charge >= 0.3 is 0 Å². The van der Waals surface area contributed by atoms with E-state index in [0.717, 1.165) is 37.8 Å². The highest BCUT2D eigenvalue weighted by atomic mass is 32.2. The number of amides is 1. The summed E-state index contributed by atoms with van der Waals surface area (Å²) in [5, 5.41) is 4.34. The molecule has 0 bridgehead atoms. The zero-order valence-corrected chi connectivity index (χ0v) is 21.0. The first-order chi connectivity index (χ1) is 16.8. The molecule has 0 radical (unpaired) electrons. The Labute approximate surface area is 205 Å². The molecule has 0 saturated heterocycles. The van der Waals surface area contributed by atoms with Crippen molar-refractivity contribution in [2.45, 2.75) is 36.1 Å². The number of hydrogen-bond acceptors (Lipinski definition) is 6. The van der Waals surface area contributed by atoms with E-state index in [4.69, 9.17) is 9.47 Å². The Balaban J connectivity index is 1.51. The van der Waals surface area contributed by atoms with Crippen LogP contribution in [0.25, 0.3) is 5.69 Å². The fourth-order valence-corrected chi connectivity index (χ4v) is 5.79. The lowest BCUT2D eigenvalue weighted by Crippen LogP contribution is -2.39. The van der Waals surface area contributed by atoms with Gasteiger partial charge in [0, 0.05) is 37.8 Å². The SMILES string of the molecule is COCCC1(c2ccc(N3CCc4c(S(C)(=O)=O)nn(-c5ccc(OC)cc5)c4C3=O)cc2)CC1. The topological polar surface area (TPSA) is 90.7 Å². The second kappa shape index (κ2) is 8.80. The van der Waals surface area contributed by atoms with Gasteiger partial charge in [-0.3, -0.25) is 4.79 Å². The maximum absolute atomic E-state index is 13.7. The van der Waals surface area contributed by atoms with Crippen LogP contribution in [0.1, 0.15) is 40.9 Å². The molecule has 8 nitrogen and oxygen atoms in total. The van der Waals surface area contributed by atoms with Crippen LogP contribution in [0.3, 0.4) is 0 Å². The Morgan fingerprint density at radius 2 is 1.66 bits per heavy atom. The van der Waals surface area contributed by atoms with Crippen molar-refractivity contribution in [3.05, 3.63) is 65.4 Å². The molecule has 1 saturated carbocycles. The van der Waals surface area contributed by atoms with Crippen LogP contribution in [-0.4, -0.2) is 57.7 Å². The molecule has 9 heteroatoms. The summed E-state index contributed by atoms with van der Waals surface area (Å²) in [6.07, 6.45) is 4.82.